The lowest BCUT2D eigenvalue weighted by Gasteiger charge is -2.02. The molecule has 84 valence electrons. The van der Waals surface area contributed by atoms with Gasteiger partial charge in [0.2, 0.25) is 0 Å². The summed E-state index contributed by atoms with van der Waals surface area (Å²) in [7, 11) is 1.88. The van der Waals surface area contributed by atoms with Gasteiger partial charge in [-0.3, -0.25) is 0 Å². The summed E-state index contributed by atoms with van der Waals surface area (Å²) >= 11 is 0. The predicted octanol–water partition coefficient (Wildman–Crippen LogP) is 1.12. The molecule has 0 saturated carbocycles. The van der Waals surface area contributed by atoms with Crippen LogP contribution in [-0.2, 0) is 13.5 Å². The molecule has 0 saturated heterocycles. The summed E-state index contributed by atoms with van der Waals surface area (Å²) in [6.07, 6.45) is 0.685. The number of nitrogens with two attached hydrogens (primary N) is 1. The Hall–Kier alpha value is -1.75. The molecule has 0 radical (unpaired) electrons. The number of hydrogen-bond donors (Lipinski definition) is 1. The molecule has 1 aromatic carbocycles. The lowest BCUT2D eigenvalue weighted by atomic mass is 10.2. The van der Waals surface area contributed by atoms with Gasteiger partial charge in [-0.2, -0.15) is 0 Å². The number of hydrogen-bond acceptors (Lipinski definition) is 3. The van der Waals surface area contributed by atoms with Gasteiger partial charge in [0.25, 0.3) is 0 Å². The second-order valence-corrected chi connectivity index (χ2v) is 3.54. The first kappa shape index (κ1) is 10.8. The van der Waals surface area contributed by atoms with Gasteiger partial charge in [-0.1, -0.05) is 0 Å². The minimum Gasteiger partial charge on any atom is -0.330 e. The largest absolute Gasteiger partial charge is 0.330 e. The summed E-state index contributed by atoms with van der Waals surface area (Å²) < 4.78 is 14.6. The zero-order valence-electron chi connectivity index (χ0n) is 9.02. The van der Waals surface area contributed by atoms with Crippen LogP contribution < -0.4 is 5.73 Å². The van der Waals surface area contributed by atoms with E-state index in [9.17, 15) is 4.39 Å². The van der Waals surface area contributed by atoms with E-state index in [4.69, 9.17) is 5.73 Å². The highest BCUT2D eigenvalue weighted by atomic mass is 19.1. The third kappa shape index (κ3) is 1.94. The van der Waals surface area contributed by atoms with Crippen molar-refractivity contribution in [3.05, 3.63) is 35.9 Å². The van der Waals surface area contributed by atoms with Crippen molar-refractivity contribution in [1.82, 2.24) is 14.8 Å². The first-order valence-corrected chi connectivity index (χ1v) is 5.06. The summed E-state index contributed by atoms with van der Waals surface area (Å²) in [5.74, 6) is 1.30. The van der Waals surface area contributed by atoms with Crippen LogP contribution in [0, 0.1) is 5.82 Å². The van der Waals surface area contributed by atoms with Crippen LogP contribution in [0.4, 0.5) is 4.39 Å². The normalized spacial score (nSPS) is 10.7. The standard InChI is InChI=1S/C11H13FN4/c1-16-10(6-7-13)14-15-11(16)8-2-4-9(12)5-3-8/h2-5H,6-7,13H2,1H3. The molecule has 0 aliphatic carbocycles. The Labute approximate surface area is 92.9 Å². The fourth-order valence-electron chi connectivity index (χ4n) is 1.56. The van der Waals surface area contributed by atoms with E-state index in [1.165, 1.54) is 12.1 Å². The minimum atomic E-state index is -0.256. The Morgan fingerprint density at radius 2 is 1.94 bits per heavy atom. The van der Waals surface area contributed by atoms with E-state index < -0.39 is 0 Å². The minimum absolute atomic E-state index is 0.256. The van der Waals surface area contributed by atoms with Gasteiger partial charge in [0.05, 0.1) is 0 Å². The Balaban J connectivity index is 2.37. The highest BCUT2D eigenvalue weighted by Gasteiger charge is 2.09. The maximum Gasteiger partial charge on any atom is 0.163 e. The Kier molecular flexibility index (Phi) is 2.96. The molecule has 0 bridgehead atoms. The second-order valence-electron chi connectivity index (χ2n) is 3.54. The molecule has 5 heteroatoms. The average molecular weight is 220 g/mol. The monoisotopic (exact) mass is 220 g/mol. The topological polar surface area (TPSA) is 56.7 Å². The molecule has 1 aromatic heterocycles. The van der Waals surface area contributed by atoms with Gasteiger partial charge in [0, 0.05) is 19.0 Å². The first-order valence-electron chi connectivity index (χ1n) is 5.06. The lowest BCUT2D eigenvalue weighted by molar-refractivity contribution is 0.628. The highest BCUT2D eigenvalue weighted by Crippen LogP contribution is 2.17. The summed E-state index contributed by atoms with van der Waals surface area (Å²) in [5, 5.41) is 8.11. The Morgan fingerprint density at radius 3 is 2.56 bits per heavy atom. The maximum atomic E-state index is 12.8. The van der Waals surface area contributed by atoms with Gasteiger partial charge in [-0.25, -0.2) is 4.39 Å². The lowest BCUT2D eigenvalue weighted by Crippen LogP contribution is -2.08. The summed E-state index contributed by atoms with van der Waals surface area (Å²) in [4.78, 5) is 0. The van der Waals surface area contributed by atoms with Gasteiger partial charge in [-0.05, 0) is 30.8 Å². The number of rotatable bonds is 3. The third-order valence-electron chi connectivity index (χ3n) is 2.44. The van der Waals surface area contributed by atoms with E-state index in [0.29, 0.717) is 13.0 Å². The average Bonchev–Trinajstić information content (AvgIpc) is 2.63. The maximum absolute atomic E-state index is 12.8. The van der Waals surface area contributed by atoms with E-state index in [1.807, 2.05) is 11.6 Å². The molecule has 2 aromatic rings. The molecule has 0 fully saturated rings. The smallest absolute Gasteiger partial charge is 0.163 e. The van der Waals surface area contributed by atoms with Crippen molar-refractivity contribution in [3.63, 3.8) is 0 Å². The molecule has 0 unspecified atom stereocenters. The fourth-order valence-corrected chi connectivity index (χ4v) is 1.56. The van der Waals surface area contributed by atoms with Crippen molar-refractivity contribution >= 4 is 0 Å². The van der Waals surface area contributed by atoms with Gasteiger partial charge in [-0.15, -0.1) is 10.2 Å². The first-order chi connectivity index (χ1) is 7.72. The number of benzene rings is 1. The van der Waals surface area contributed by atoms with Crippen molar-refractivity contribution in [2.75, 3.05) is 6.54 Å². The van der Waals surface area contributed by atoms with Crippen molar-refractivity contribution in [3.8, 4) is 11.4 Å². The van der Waals surface area contributed by atoms with E-state index in [2.05, 4.69) is 10.2 Å². The molecular weight excluding hydrogens is 207 g/mol. The number of halogens is 1. The van der Waals surface area contributed by atoms with Crippen molar-refractivity contribution < 1.29 is 4.39 Å². The molecular formula is C11H13FN4. The van der Waals surface area contributed by atoms with Crippen LogP contribution in [0.15, 0.2) is 24.3 Å². The second kappa shape index (κ2) is 4.40. The fraction of sp³-hybridized carbons (Fsp3) is 0.273. The zero-order chi connectivity index (χ0) is 11.5. The number of nitrogens with zero attached hydrogens (tertiary/aromatic N) is 3. The van der Waals surface area contributed by atoms with E-state index in [1.54, 1.807) is 12.1 Å². The summed E-state index contributed by atoms with van der Waals surface area (Å²) in [5.41, 5.74) is 6.31. The highest BCUT2D eigenvalue weighted by molar-refractivity contribution is 5.54. The van der Waals surface area contributed by atoms with Crippen molar-refractivity contribution in [2.24, 2.45) is 12.8 Å². The number of aromatic nitrogens is 3. The van der Waals surface area contributed by atoms with Gasteiger partial charge < -0.3 is 10.3 Å². The van der Waals surface area contributed by atoms with Crippen LogP contribution >= 0.6 is 0 Å². The van der Waals surface area contributed by atoms with Crippen LogP contribution in [0.3, 0.4) is 0 Å². The zero-order valence-corrected chi connectivity index (χ0v) is 9.02. The molecule has 0 spiro atoms. The molecule has 1 heterocycles. The van der Waals surface area contributed by atoms with Crippen LogP contribution in [-0.4, -0.2) is 21.3 Å². The Morgan fingerprint density at radius 1 is 1.25 bits per heavy atom. The quantitative estimate of drug-likeness (QED) is 0.843. The SMILES string of the molecule is Cn1c(CCN)nnc1-c1ccc(F)cc1. The Bertz CT molecular complexity index is 475. The summed E-state index contributed by atoms with van der Waals surface area (Å²) in [6.45, 7) is 0.537. The molecule has 0 amide bonds. The van der Waals surface area contributed by atoms with Gasteiger partial charge in [0.15, 0.2) is 5.82 Å². The molecule has 4 nitrogen and oxygen atoms in total. The molecule has 0 aliphatic heterocycles. The third-order valence-corrected chi connectivity index (χ3v) is 2.44. The van der Waals surface area contributed by atoms with Crippen LogP contribution in [0.2, 0.25) is 0 Å². The van der Waals surface area contributed by atoms with Crippen LogP contribution in [0.25, 0.3) is 11.4 Å². The van der Waals surface area contributed by atoms with Gasteiger partial charge in [0.1, 0.15) is 11.6 Å². The molecule has 2 N–H and O–H groups in total. The van der Waals surface area contributed by atoms with E-state index in [0.717, 1.165) is 17.2 Å². The van der Waals surface area contributed by atoms with Gasteiger partial charge >= 0.3 is 0 Å². The van der Waals surface area contributed by atoms with Crippen molar-refractivity contribution in [1.29, 1.82) is 0 Å². The van der Waals surface area contributed by atoms with E-state index in [-0.39, 0.29) is 5.82 Å². The predicted molar refractivity (Wildman–Crippen MR) is 59.2 cm³/mol. The van der Waals surface area contributed by atoms with Crippen molar-refractivity contribution in [2.45, 2.75) is 6.42 Å². The van der Waals surface area contributed by atoms with Crippen LogP contribution in [0.5, 0.6) is 0 Å². The summed E-state index contributed by atoms with van der Waals surface area (Å²) in [6, 6.07) is 6.19. The van der Waals surface area contributed by atoms with Crippen LogP contribution in [0.1, 0.15) is 5.82 Å². The molecule has 2 rings (SSSR count). The molecule has 0 aliphatic rings. The molecule has 16 heavy (non-hydrogen) atoms. The molecule has 0 atom stereocenters. The van der Waals surface area contributed by atoms with E-state index >= 15 is 0 Å².